The Labute approximate surface area is 272 Å². The highest BCUT2D eigenvalue weighted by Crippen LogP contribution is 2.35. The average Bonchev–Trinajstić information content (AvgIpc) is 3.64. The van der Waals surface area contributed by atoms with E-state index in [0.29, 0.717) is 12.5 Å². The van der Waals surface area contributed by atoms with Gasteiger partial charge in [0.2, 0.25) is 0 Å². The highest BCUT2D eigenvalue weighted by Gasteiger charge is 2.18. The Balaban J connectivity index is 1.46. The lowest BCUT2D eigenvalue weighted by atomic mass is 9.90. The molecule has 8 heteroatoms. The van der Waals surface area contributed by atoms with Crippen molar-refractivity contribution in [2.24, 2.45) is 5.92 Å². The number of H-pyrrole nitrogens is 2. The van der Waals surface area contributed by atoms with Gasteiger partial charge in [-0.05, 0) is 125 Å². The maximum atomic E-state index is 14.8. The third-order valence-corrected chi connectivity index (χ3v) is 8.58. The van der Waals surface area contributed by atoms with E-state index in [-0.39, 0.29) is 5.82 Å². The van der Waals surface area contributed by atoms with Gasteiger partial charge < -0.3 is 20.5 Å². The van der Waals surface area contributed by atoms with Crippen molar-refractivity contribution in [3.8, 4) is 11.4 Å². The molecule has 1 saturated heterocycles. The van der Waals surface area contributed by atoms with Gasteiger partial charge >= 0.3 is 0 Å². The van der Waals surface area contributed by atoms with Crippen LogP contribution in [0.2, 0.25) is 0 Å². The summed E-state index contributed by atoms with van der Waals surface area (Å²) in [6, 6.07) is 9.25. The molecule has 0 saturated carbocycles. The molecule has 7 nitrogen and oxygen atoms in total. The lowest BCUT2D eigenvalue weighted by molar-refractivity contribution is 0.374. The Kier molecular flexibility index (Phi) is 10.8. The van der Waals surface area contributed by atoms with Crippen LogP contribution in [0.4, 0.5) is 10.1 Å². The molecule has 46 heavy (non-hydrogen) atoms. The molecule has 4 aromatic rings. The highest BCUT2D eigenvalue weighted by molar-refractivity contribution is 5.95. The van der Waals surface area contributed by atoms with Crippen molar-refractivity contribution < 1.29 is 4.39 Å². The van der Waals surface area contributed by atoms with Crippen LogP contribution >= 0.6 is 0 Å². The number of pyridine rings is 1. The fourth-order valence-electron chi connectivity index (χ4n) is 6.10. The lowest BCUT2D eigenvalue weighted by Crippen LogP contribution is -2.27. The van der Waals surface area contributed by atoms with Gasteiger partial charge in [-0.2, -0.15) is 5.10 Å². The van der Waals surface area contributed by atoms with E-state index in [0.717, 1.165) is 87.7 Å². The number of rotatable bonds is 13. The maximum absolute atomic E-state index is 14.8. The minimum absolute atomic E-state index is 0.296. The summed E-state index contributed by atoms with van der Waals surface area (Å²) in [5, 5.41) is 15.6. The molecular weight excluding hydrogens is 573 g/mol. The molecule has 0 amide bonds. The standard InChI is InChI=1S/C38H46FN7/c1-7-10-32(29-19-30(39)21-31(20-29)41-15-16-46(5)6)33-22-36(43-25(33)4)38-34-23-35(42-24-37(34)44-45-38)28(9-3)18-26(8-2)17-27-11-13-40-14-12-27/h7-10,18-24,27,40-41,43H,1-2,11-17H2,3-6H3,(H,44,45)/b26-18+,28-9+,32-10-. The van der Waals surface area contributed by atoms with E-state index in [2.05, 4.69) is 68.2 Å². The van der Waals surface area contributed by atoms with Gasteiger partial charge in [0.1, 0.15) is 11.5 Å². The SMILES string of the molecule is C=C/C=C(/c1cc(F)cc(NCCN(C)C)c1)c1cc(-c2n[nH]c3cnc(C(/C=C(\C=C)CC4CCNCC4)=C/C)cc23)[nH]c1C. The number of hydrogen-bond acceptors (Lipinski definition) is 5. The third-order valence-electron chi connectivity index (χ3n) is 8.58. The van der Waals surface area contributed by atoms with E-state index in [1.807, 2.05) is 52.4 Å². The fraction of sp³-hybridized carbons (Fsp3) is 0.316. The van der Waals surface area contributed by atoms with Crippen molar-refractivity contribution >= 4 is 27.7 Å². The van der Waals surface area contributed by atoms with Gasteiger partial charge in [0.05, 0.1) is 23.1 Å². The van der Waals surface area contributed by atoms with Crippen LogP contribution in [0, 0.1) is 18.7 Å². The second-order valence-electron chi connectivity index (χ2n) is 12.2. The van der Waals surface area contributed by atoms with Crippen molar-refractivity contribution in [1.82, 2.24) is 30.4 Å². The molecule has 4 N–H and O–H groups in total. The topological polar surface area (TPSA) is 84.7 Å². The van der Waals surface area contributed by atoms with E-state index in [1.165, 1.54) is 24.5 Å². The van der Waals surface area contributed by atoms with Crippen molar-refractivity contribution in [2.75, 3.05) is 45.6 Å². The lowest BCUT2D eigenvalue weighted by Gasteiger charge is -2.23. The summed E-state index contributed by atoms with van der Waals surface area (Å²) >= 11 is 0. The van der Waals surface area contributed by atoms with Gasteiger partial charge in [-0.1, -0.05) is 37.5 Å². The smallest absolute Gasteiger partial charge is 0.125 e. The van der Waals surface area contributed by atoms with Crippen LogP contribution in [-0.4, -0.2) is 65.3 Å². The predicted molar refractivity (Wildman–Crippen MR) is 191 cm³/mol. The molecule has 1 aliphatic rings. The number of nitrogens with one attached hydrogen (secondary N) is 4. The largest absolute Gasteiger partial charge is 0.384 e. The molecule has 3 aromatic heterocycles. The monoisotopic (exact) mass is 619 g/mol. The molecular formula is C38H46FN7. The first kappa shape index (κ1) is 32.9. The van der Waals surface area contributed by atoms with Crippen molar-refractivity contribution in [2.45, 2.75) is 33.1 Å². The van der Waals surface area contributed by atoms with E-state index in [1.54, 1.807) is 12.1 Å². The van der Waals surface area contributed by atoms with Gasteiger partial charge in [-0.3, -0.25) is 10.1 Å². The number of likely N-dealkylation sites (N-methyl/N-ethyl adjacent to an activating group) is 1. The van der Waals surface area contributed by atoms with E-state index < -0.39 is 0 Å². The van der Waals surface area contributed by atoms with Crippen molar-refractivity contribution in [3.63, 3.8) is 0 Å². The molecule has 0 radical (unpaired) electrons. The van der Waals surface area contributed by atoms with Gasteiger partial charge in [-0.25, -0.2) is 4.39 Å². The molecule has 5 rings (SSSR count). The summed E-state index contributed by atoms with van der Waals surface area (Å²) in [6.45, 7) is 15.8. The first-order chi connectivity index (χ1) is 22.3. The average molecular weight is 620 g/mol. The molecule has 0 unspecified atom stereocenters. The number of aromatic amines is 2. The number of hydrogen-bond donors (Lipinski definition) is 4. The Bertz CT molecular complexity index is 1780. The van der Waals surface area contributed by atoms with E-state index in [4.69, 9.17) is 4.98 Å². The zero-order valence-corrected chi connectivity index (χ0v) is 27.5. The molecule has 1 aliphatic heterocycles. The summed E-state index contributed by atoms with van der Waals surface area (Å²) in [5.41, 5.74) is 9.97. The number of allylic oxidation sites excluding steroid dienone is 7. The molecule has 0 bridgehead atoms. The Hall–Kier alpha value is -4.53. The quantitative estimate of drug-likeness (QED) is 0.114. The normalized spacial score (nSPS) is 15.1. The van der Waals surface area contributed by atoms with Gasteiger partial charge in [0.15, 0.2) is 0 Å². The second-order valence-corrected chi connectivity index (χ2v) is 12.2. The summed E-state index contributed by atoms with van der Waals surface area (Å²) in [5.74, 6) is 0.374. The molecule has 1 aromatic carbocycles. The number of piperidine rings is 1. The van der Waals surface area contributed by atoms with E-state index in [9.17, 15) is 4.39 Å². The van der Waals surface area contributed by atoms with Crippen molar-refractivity contribution in [1.29, 1.82) is 0 Å². The minimum Gasteiger partial charge on any atom is -0.384 e. The fourth-order valence-corrected chi connectivity index (χ4v) is 6.10. The third kappa shape index (κ3) is 7.81. The number of aromatic nitrogens is 4. The molecule has 0 atom stereocenters. The molecule has 1 fully saturated rings. The highest BCUT2D eigenvalue weighted by atomic mass is 19.1. The Morgan fingerprint density at radius 3 is 2.65 bits per heavy atom. The number of aryl methyl sites for hydroxylation is 1. The number of benzene rings is 1. The zero-order chi connectivity index (χ0) is 32.6. The van der Waals surface area contributed by atoms with Crippen LogP contribution < -0.4 is 10.6 Å². The van der Waals surface area contributed by atoms with Crippen LogP contribution in [0.15, 0.2) is 85.6 Å². The molecule has 0 aliphatic carbocycles. The number of fused-ring (bicyclic) bond motifs is 1. The van der Waals surface area contributed by atoms with Gasteiger partial charge in [0.25, 0.3) is 0 Å². The summed E-state index contributed by atoms with van der Waals surface area (Å²) in [4.78, 5) is 10.4. The molecule has 4 heterocycles. The first-order valence-corrected chi connectivity index (χ1v) is 16.1. The van der Waals surface area contributed by atoms with E-state index >= 15 is 0 Å². The van der Waals surface area contributed by atoms with Gasteiger partial charge in [0, 0.05) is 35.4 Å². The Morgan fingerprint density at radius 1 is 1.13 bits per heavy atom. The predicted octanol–water partition coefficient (Wildman–Crippen LogP) is 7.90. The molecule has 240 valence electrons. The summed E-state index contributed by atoms with van der Waals surface area (Å²) in [7, 11) is 4.03. The summed E-state index contributed by atoms with van der Waals surface area (Å²) < 4.78 is 14.8. The number of anilines is 1. The first-order valence-electron chi connectivity index (χ1n) is 16.1. The number of halogens is 1. The minimum atomic E-state index is -0.296. The van der Waals surface area contributed by atoms with Crippen LogP contribution in [0.3, 0.4) is 0 Å². The van der Waals surface area contributed by atoms with Crippen LogP contribution in [-0.2, 0) is 0 Å². The maximum Gasteiger partial charge on any atom is 0.125 e. The summed E-state index contributed by atoms with van der Waals surface area (Å²) in [6.07, 6.45) is 15.2. The van der Waals surface area contributed by atoms with Gasteiger partial charge in [-0.15, -0.1) is 0 Å². The number of nitrogens with zero attached hydrogens (tertiary/aromatic N) is 3. The Morgan fingerprint density at radius 2 is 1.93 bits per heavy atom. The zero-order valence-electron chi connectivity index (χ0n) is 27.5. The molecule has 0 spiro atoms. The van der Waals surface area contributed by atoms with Crippen LogP contribution in [0.25, 0.3) is 33.4 Å². The van der Waals surface area contributed by atoms with Crippen molar-refractivity contribution in [3.05, 3.63) is 114 Å². The van der Waals surface area contributed by atoms with Crippen LogP contribution in [0.5, 0.6) is 0 Å². The van der Waals surface area contributed by atoms with Crippen LogP contribution in [0.1, 0.15) is 48.7 Å². The second kappa shape index (κ2) is 15.2.